The van der Waals surface area contributed by atoms with Gasteiger partial charge in [-0.25, -0.2) is 9.67 Å². The van der Waals surface area contributed by atoms with Crippen LogP contribution in [0.2, 0.25) is 0 Å². The van der Waals surface area contributed by atoms with E-state index in [4.69, 9.17) is 5.10 Å². The molecule has 30 heavy (non-hydrogen) atoms. The van der Waals surface area contributed by atoms with Gasteiger partial charge in [0.2, 0.25) is 5.95 Å². The highest BCUT2D eigenvalue weighted by molar-refractivity contribution is 5.60. The third kappa shape index (κ3) is 3.98. The van der Waals surface area contributed by atoms with Crippen molar-refractivity contribution in [1.29, 1.82) is 0 Å². The van der Waals surface area contributed by atoms with E-state index < -0.39 is 0 Å². The fraction of sp³-hybridized carbons (Fsp3) is 0.364. The van der Waals surface area contributed by atoms with Crippen LogP contribution in [0.3, 0.4) is 0 Å². The maximum atomic E-state index is 4.72. The molecule has 1 N–H and O–H groups in total. The van der Waals surface area contributed by atoms with Crippen molar-refractivity contribution in [2.45, 2.75) is 26.7 Å². The molecule has 0 aromatic carbocycles. The summed E-state index contributed by atoms with van der Waals surface area (Å²) >= 11 is 0. The van der Waals surface area contributed by atoms with Crippen molar-refractivity contribution in [2.24, 2.45) is 12.5 Å². The molecule has 1 aliphatic rings. The van der Waals surface area contributed by atoms with Crippen LogP contribution in [0.15, 0.2) is 55.3 Å². The summed E-state index contributed by atoms with van der Waals surface area (Å²) in [5.41, 5.74) is 4.27. The minimum atomic E-state index is 0.123. The van der Waals surface area contributed by atoms with E-state index >= 15 is 0 Å². The zero-order valence-electron chi connectivity index (χ0n) is 18.0. The number of aromatic nitrogens is 6. The van der Waals surface area contributed by atoms with Crippen molar-refractivity contribution in [3.8, 4) is 5.82 Å². The van der Waals surface area contributed by atoms with Crippen LogP contribution in [-0.4, -0.2) is 48.0 Å². The topological polar surface area (TPSA) is 76.7 Å². The maximum absolute atomic E-state index is 4.72. The van der Waals surface area contributed by atoms with E-state index in [1.807, 2.05) is 31.6 Å². The SMILES string of the molecule is C=C1N(C)CCC1(C)C/C=C(\C)c1ccn(-c2ccnc(Nc3cnn(C)c3)n2)n1. The lowest BCUT2D eigenvalue weighted by Crippen LogP contribution is -2.17. The predicted octanol–water partition coefficient (Wildman–Crippen LogP) is 3.79. The van der Waals surface area contributed by atoms with Gasteiger partial charge >= 0.3 is 0 Å². The second-order valence-corrected chi connectivity index (χ2v) is 8.18. The Hall–Kier alpha value is -3.42. The first-order chi connectivity index (χ1) is 14.3. The largest absolute Gasteiger partial charge is 0.378 e. The highest BCUT2D eigenvalue weighted by Crippen LogP contribution is 2.41. The molecule has 8 heteroatoms. The molecule has 1 aliphatic heterocycles. The summed E-state index contributed by atoms with van der Waals surface area (Å²) in [6.45, 7) is 9.74. The molecule has 0 aliphatic carbocycles. The third-order valence-corrected chi connectivity index (χ3v) is 5.84. The molecule has 4 heterocycles. The molecule has 0 spiro atoms. The predicted molar refractivity (Wildman–Crippen MR) is 118 cm³/mol. The fourth-order valence-electron chi connectivity index (χ4n) is 3.67. The molecule has 0 bridgehead atoms. The van der Waals surface area contributed by atoms with Gasteiger partial charge in [0.25, 0.3) is 0 Å². The molecule has 1 fully saturated rings. The molecule has 8 nitrogen and oxygen atoms in total. The quantitative estimate of drug-likeness (QED) is 0.674. The van der Waals surface area contributed by atoms with Crippen LogP contribution in [0.5, 0.6) is 0 Å². The number of rotatable bonds is 6. The second kappa shape index (κ2) is 7.78. The van der Waals surface area contributed by atoms with Crippen molar-refractivity contribution in [1.82, 2.24) is 34.4 Å². The molecule has 1 atom stereocenters. The van der Waals surface area contributed by atoms with E-state index in [1.165, 1.54) is 5.70 Å². The number of hydrogen-bond acceptors (Lipinski definition) is 6. The summed E-state index contributed by atoms with van der Waals surface area (Å²) < 4.78 is 3.49. The Bertz CT molecular complexity index is 1090. The Labute approximate surface area is 177 Å². The first-order valence-corrected chi connectivity index (χ1v) is 10.1. The van der Waals surface area contributed by atoms with E-state index in [1.54, 1.807) is 21.8 Å². The summed E-state index contributed by atoms with van der Waals surface area (Å²) in [5.74, 6) is 1.20. The monoisotopic (exact) mass is 404 g/mol. The van der Waals surface area contributed by atoms with Gasteiger partial charge in [0.1, 0.15) is 0 Å². The van der Waals surface area contributed by atoms with Crippen LogP contribution in [0.1, 0.15) is 32.4 Å². The number of nitrogens with zero attached hydrogens (tertiary/aromatic N) is 7. The summed E-state index contributed by atoms with van der Waals surface area (Å²) in [7, 11) is 3.98. The Morgan fingerprint density at radius 3 is 2.87 bits per heavy atom. The summed E-state index contributed by atoms with van der Waals surface area (Å²) in [5, 5.41) is 12.0. The molecule has 3 aromatic heterocycles. The number of hydrogen-bond donors (Lipinski definition) is 1. The average molecular weight is 405 g/mol. The van der Waals surface area contributed by atoms with Gasteiger partial charge in [-0.2, -0.15) is 15.2 Å². The number of aryl methyl sites for hydroxylation is 1. The molecule has 1 saturated heterocycles. The number of anilines is 2. The number of nitrogens with one attached hydrogen (secondary N) is 1. The van der Waals surface area contributed by atoms with Crippen molar-refractivity contribution in [2.75, 3.05) is 18.9 Å². The first kappa shape index (κ1) is 19.9. The van der Waals surface area contributed by atoms with Gasteiger partial charge in [-0.15, -0.1) is 0 Å². The molecule has 0 radical (unpaired) electrons. The summed E-state index contributed by atoms with van der Waals surface area (Å²) in [6, 6.07) is 3.85. The van der Waals surface area contributed by atoms with Crippen LogP contribution in [0, 0.1) is 5.41 Å². The smallest absolute Gasteiger partial charge is 0.229 e. The lowest BCUT2D eigenvalue weighted by Gasteiger charge is -2.25. The van der Waals surface area contributed by atoms with Gasteiger partial charge in [0.05, 0.1) is 17.6 Å². The van der Waals surface area contributed by atoms with E-state index in [2.05, 4.69) is 58.8 Å². The summed E-state index contributed by atoms with van der Waals surface area (Å²) in [6.07, 6.45) is 11.6. The maximum Gasteiger partial charge on any atom is 0.229 e. The van der Waals surface area contributed by atoms with Crippen LogP contribution >= 0.6 is 0 Å². The lowest BCUT2D eigenvalue weighted by molar-refractivity contribution is 0.403. The average Bonchev–Trinajstić information content (AvgIpc) is 3.44. The standard InChI is InChI=1S/C22H28N8/c1-16(6-9-22(3)10-13-28(4)17(22)2)19-8-12-30(27-19)20-7-11-23-21(26-20)25-18-14-24-29(5)15-18/h6-8,11-12,14-15H,2,9-10,13H2,1,3-5H3,(H,23,25,26)/b16-6+. The molecular weight excluding hydrogens is 376 g/mol. The van der Waals surface area contributed by atoms with E-state index in [0.717, 1.165) is 36.3 Å². The van der Waals surface area contributed by atoms with Gasteiger partial charge < -0.3 is 10.2 Å². The minimum absolute atomic E-state index is 0.123. The highest BCUT2D eigenvalue weighted by Gasteiger charge is 2.34. The third-order valence-electron chi connectivity index (χ3n) is 5.84. The van der Waals surface area contributed by atoms with Crippen LogP contribution < -0.4 is 5.32 Å². The normalized spacial score (nSPS) is 19.5. The van der Waals surface area contributed by atoms with Crippen molar-refractivity contribution < 1.29 is 0 Å². The number of likely N-dealkylation sites (tertiary alicyclic amines) is 1. The number of allylic oxidation sites excluding steroid dienone is 3. The Kier molecular flexibility index (Phi) is 5.15. The fourth-order valence-corrected chi connectivity index (χ4v) is 3.67. The Balaban J connectivity index is 1.48. The van der Waals surface area contributed by atoms with Gasteiger partial charge in [-0.05, 0) is 31.4 Å². The van der Waals surface area contributed by atoms with Crippen LogP contribution in [0.25, 0.3) is 11.4 Å². The zero-order valence-corrected chi connectivity index (χ0v) is 18.0. The molecule has 4 rings (SSSR count). The van der Waals surface area contributed by atoms with Gasteiger partial charge in [-0.3, -0.25) is 4.68 Å². The molecule has 0 saturated carbocycles. The van der Waals surface area contributed by atoms with E-state index in [0.29, 0.717) is 11.8 Å². The van der Waals surface area contributed by atoms with Crippen molar-refractivity contribution >= 4 is 17.2 Å². The van der Waals surface area contributed by atoms with Gasteiger partial charge in [0, 0.05) is 56.4 Å². The molecular formula is C22H28N8. The highest BCUT2D eigenvalue weighted by atomic mass is 15.3. The molecule has 1 unspecified atom stereocenters. The van der Waals surface area contributed by atoms with Crippen LogP contribution in [0.4, 0.5) is 11.6 Å². The minimum Gasteiger partial charge on any atom is -0.378 e. The molecule has 156 valence electrons. The van der Waals surface area contributed by atoms with Gasteiger partial charge in [-0.1, -0.05) is 19.6 Å². The Morgan fingerprint density at radius 1 is 1.33 bits per heavy atom. The first-order valence-electron chi connectivity index (χ1n) is 10.1. The van der Waals surface area contributed by atoms with Crippen molar-refractivity contribution in [3.63, 3.8) is 0 Å². The van der Waals surface area contributed by atoms with Gasteiger partial charge in [0.15, 0.2) is 5.82 Å². The second-order valence-electron chi connectivity index (χ2n) is 8.18. The Morgan fingerprint density at radius 2 is 2.17 bits per heavy atom. The van der Waals surface area contributed by atoms with E-state index in [9.17, 15) is 0 Å². The summed E-state index contributed by atoms with van der Waals surface area (Å²) in [4.78, 5) is 11.1. The molecule has 0 amide bonds. The molecule has 3 aromatic rings. The van der Waals surface area contributed by atoms with Crippen molar-refractivity contribution in [3.05, 3.63) is 61.0 Å². The lowest BCUT2D eigenvalue weighted by atomic mass is 9.82. The van der Waals surface area contributed by atoms with Crippen LogP contribution in [-0.2, 0) is 7.05 Å². The zero-order chi connectivity index (χ0) is 21.3. The van der Waals surface area contributed by atoms with E-state index in [-0.39, 0.29) is 5.41 Å².